The lowest BCUT2D eigenvalue weighted by atomic mass is 10.1. The van der Waals surface area contributed by atoms with Crippen LogP contribution in [0.1, 0.15) is 39.0 Å². The molecule has 0 saturated carbocycles. The summed E-state index contributed by atoms with van der Waals surface area (Å²) in [5.74, 6) is 0. The van der Waals surface area contributed by atoms with Crippen LogP contribution in [0.3, 0.4) is 0 Å². The van der Waals surface area contributed by atoms with Gasteiger partial charge in [0.05, 0.1) is 0 Å². The van der Waals surface area contributed by atoms with E-state index in [2.05, 4.69) is 32.6 Å². The molecule has 0 aromatic rings. The third-order valence-corrected chi connectivity index (χ3v) is 6.17. The Morgan fingerprint density at radius 3 is 2.54 bits per heavy atom. The summed E-state index contributed by atoms with van der Waals surface area (Å²) >= 11 is 0. The van der Waals surface area contributed by atoms with E-state index >= 15 is 0 Å². The minimum absolute atomic E-state index is 0.857. The second-order valence-electron chi connectivity index (χ2n) is 5.47. The molecule has 0 amide bonds. The Bertz CT molecular complexity index is 186. The third kappa shape index (κ3) is 3.30. The minimum Gasteiger partial charge on any atom is -0.0853 e. The summed E-state index contributed by atoms with van der Waals surface area (Å²) in [6, 6.07) is 0. The standard InChI is InChI=1S/C12H24Si/c1-5-6-7-11-8-9-12(10-11)13(2,3)4/h8,12H,5-7,9-10H2,1-4H3. The maximum absolute atomic E-state index is 2.53. The van der Waals surface area contributed by atoms with Crippen molar-refractivity contribution in [1.82, 2.24) is 0 Å². The molecule has 0 heterocycles. The van der Waals surface area contributed by atoms with E-state index in [0.29, 0.717) is 0 Å². The highest BCUT2D eigenvalue weighted by Crippen LogP contribution is 2.39. The number of unbranched alkanes of at least 4 members (excludes halogenated alkanes) is 1. The van der Waals surface area contributed by atoms with Crippen LogP contribution in [0.25, 0.3) is 0 Å². The first-order chi connectivity index (χ1) is 6.04. The van der Waals surface area contributed by atoms with Crippen molar-refractivity contribution in [2.24, 2.45) is 0 Å². The van der Waals surface area contributed by atoms with Crippen molar-refractivity contribution in [3.63, 3.8) is 0 Å². The molecule has 0 aliphatic heterocycles. The van der Waals surface area contributed by atoms with Crippen molar-refractivity contribution in [3.8, 4) is 0 Å². The minimum atomic E-state index is -0.857. The van der Waals surface area contributed by atoms with Gasteiger partial charge < -0.3 is 0 Å². The molecule has 0 nitrogen and oxygen atoms in total. The second-order valence-corrected chi connectivity index (χ2v) is 11.0. The van der Waals surface area contributed by atoms with Crippen LogP contribution in [0.5, 0.6) is 0 Å². The Hall–Kier alpha value is -0.0431. The molecule has 1 heteroatoms. The van der Waals surface area contributed by atoms with E-state index in [4.69, 9.17) is 0 Å². The Kier molecular flexibility index (Phi) is 3.78. The Morgan fingerprint density at radius 2 is 2.08 bits per heavy atom. The SMILES string of the molecule is CCCCC1=CCC([Si](C)(C)C)C1. The Morgan fingerprint density at radius 1 is 1.38 bits per heavy atom. The first-order valence-electron chi connectivity index (χ1n) is 5.72. The molecule has 1 aliphatic rings. The lowest BCUT2D eigenvalue weighted by molar-refractivity contribution is 0.752. The molecule has 0 fully saturated rings. The van der Waals surface area contributed by atoms with Gasteiger partial charge in [-0.25, -0.2) is 0 Å². The van der Waals surface area contributed by atoms with Gasteiger partial charge in [-0.1, -0.05) is 44.6 Å². The smallest absolute Gasteiger partial charge is 0.0480 e. The summed E-state index contributed by atoms with van der Waals surface area (Å²) in [7, 11) is -0.857. The number of allylic oxidation sites excluding steroid dienone is 2. The van der Waals surface area contributed by atoms with Gasteiger partial charge in [0, 0.05) is 8.07 Å². The molecule has 0 aromatic carbocycles. The number of rotatable bonds is 4. The highest BCUT2D eigenvalue weighted by atomic mass is 28.3. The van der Waals surface area contributed by atoms with Crippen LogP contribution in [-0.4, -0.2) is 8.07 Å². The second kappa shape index (κ2) is 4.45. The Labute approximate surface area is 84.4 Å². The molecule has 0 spiro atoms. The molecule has 0 saturated heterocycles. The van der Waals surface area contributed by atoms with Gasteiger partial charge in [-0.3, -0.25) is 0 Å². The zero-order chi connectivity index (χ0) is 9.90. The van der Waals surface area contributed by atoms with Gasteiger partial charge in [-0.05, 0) is 31.2 Å². The highest BCUT2D eigenvalue weighted by molar-refractivity contribution is 6.77. The number of hydrogen-bond acceptors (Lipinski definition) is 0. The van der Waals surface area contributed by atoms with Crippen molar-refractivity contribution in [3.05, 3.63) is 11.6 Å². The molecule has 1 atom stereocenters. The van der Waals surface area contributed by atoms with Gasteiger partial charge in [0.1, 0.15) is 0 Å². The lowest BCUT2D eigenvalue weighted by Crippen LogP contribution is -2.26. The zero-order valence-corrected chi connectivity index (χ0v) is 10.7. The summed E-state index contributed by atoms with van der Waals surface area (Å²) in [5.41, 5.74) is 2.80. The van der Waals surface area contributed by atoms with Crippen LogP contribution in [0, 0.1) is 0 Å². The van der Waals surface area contributed by atoms with E-state index in [1.54, 1.807) is 5.57 Å². The van der Waals surface area contributed by atoms with Crippen LogP contribution in [0.15, 0.2) is 11.6 Å². The summed E-state index contributed by atoms with van der Waals surface area (Å²) < 4.78 is 0. The average molecular weight is 196 g/mol. The van der Waals surface area contributed by atoms with Crippen molar-refractivity contribution >= 4 is 8.07 Å². The van der Waals surface area contributed by atoms with Gasteiger partial charge in [-0.2, -0.15) is 0 Å². The lowest BCUT2D eigenvalue weighted by Gasteiger charge is -2.24. The highest BCUT2D eigenvalue weighted by Gasteiger charge is 2.29. The van der Waals surface area contributed by atoms with Gasteiger partial charge in [0.25, 0.3) is 0 Å². The predicted molar refractivity (Wildman–Crippen MR) is 63.9 cm³/mol. The zero-order valence-electron chi connectivity index (χ0n) is 9.69. The number of hydrogen-bond donors (Lipinski definition) is 0. The van der Waals surface area contributed by atoms with Gasteiger partial charge in [0.15, 0.2) is 0 Å². The molecule has 0 radical (unpaired) electrons. The topological polar surface area (TPSA) is 0 Å². The predicted octanol–water partition coefficient (Wildman–Crippen LogP) is 4.61. The molecule has 0 N–H and O–H groups in total. The summed E-state index contributed by atoms with van der Waals surface area (Å²) in [6.45, 7) is 9.81. The Balaban J connectivity index is 2.34. The molecule has 0 bridgehead atoms. The van der Waals surface area contributed by atoms with Crippen molar-refractivity contribution < 1.29 is 0 Å². The molecular formula is C12H24Si. The average Bonchev–Trinajstić information content (AvgIpc) is 2.47. The van der Waals surface area contributed by atoms with Crippen LogP contribution < -0.4 is 0 Å². The maximum atomic E-state index is 2.53. The molecule has 1 aliphatic carbocycles. The van der Waals surface area contributed by atoms with Crippen LogP contribution >= 0.6 is 0 Å². The van der Waals surface area contributed by atoms with Crippen molar-refractivity contribution in [2.45, 2.75) is 64.2 Å². The largest absolute Gasteiger partial charge is 0.0853 e. The van der Waals surface area contributed by atoms with E-state index < -0.39 is 8.07 Å². The van der Waals surface area contributed by atoms with E-state index in [1.165, 1.54) is 32.1 Å². The van der Waals surface area contributed by atoms with E-state index in [-0.39, 0.29) is 0 Å². The van der Waals surface area contributed by atoms with Crippen LogP contribution in [0.4, 0.5) is 0 Å². The molecule has 76 valence electrons. The van der Waals surface area contributed by atoms with Gasteiger partial charge in [0.2, 0.25) is 0 Å². The van der Waals surface area contributed by atoms with Gasteiger partial charge >= 0.3 is 0 Å². The fraction of sp³-hybridized carbons (Fsp3) is 0.833. The first-order valence-corrected chi connectivity index (χ1v) is 9.29. The normalized spacial score (nSPS) is 23.4. The molecule has 1 rings (SSSR count). The van der Waals surface area contributed by atoms with Crippen molar-refractivity contribution in [1.29, 1.82) is 0 Å². The van der Waals surface area contributed by atoms with E-state index in [0.717, 1.165) is 5.54 Å². The van der Waals surface area contributed by atoms with Crippen LogP contribution in [0.2, 0.25) is 25.2 Å². The molecule has 1 unspecified atom stereocenters. The molecular weight excluding hydrogens is 172 g/mol. The summed E-state index contributed by atoms with van der Waals surface area (Å²) in [5, 5.41) is 0. The van der Waals surface area contributed by atoms with Crippen molar-refractivity contribution in [2.75, 3.05) is 0 Å². The third-order valence-electron chi connectivity index (χ3n) is 3.28. The monoisotopic (exact) mass is 196 g/mol. The summed E-state index contributed by atoms with van der Waals surface area (Å²) in [6.07, 6.45) is 9.44. The van der Waals surface area contributed by atoms with E-state index in [1.807, 2.05) is 0 Å². The fourth-order valence-electron chi connectivity index (χ4n) is 2.06. The van der Waals surface area contributed by atoms with E-state index in [9.17, 15) is 0 Å². The maximum Gasteiger partial charge on any atom is 0.0480 e. The first kappa shape index (κ1) is 11.0. The van der Waals surface area contributed by atoms with Gasteiger partial charge in [-0.15, -0.1) is 0 Å². The fourth-order valence-corrected chi connectivity index (χ4v) is 3.76. The quantitative estimate of drug-likeness (QED) is 0.455. The summed E-state index contributed by atoms with van der Waals surface area (Å²) in [4.78, 5) is 0. The van der Waals surface area contributed by atoms with Crippen LogP contribution in [-0.2, 0) is 0 Å². The molecule has 13 heavy (non-hydrogen) atoms. The molecule has 0 aromatic heterocycles.